The van der Waals surface area contributed by atoms with Crippen molar-refractivity contribution in [2.24, 2.45) is 0 Å². The molecule has 2 aromatic rings. The van der Waals surface area contributed by atoms with Crippen molar-refractivity contribution in [3.8, 4) is 10.6 Å². The van der Waals surface area contributed by atoms with Gasteiger partial charge in [-0.25, -0.2) is 4.98 Å². The van der Waals surface area contributed by atoms with E-state index < -0.39 is 0 Å². The van der Waals surface area contributed by atoms with Crippen LogP contribution < -0.4 is 4.90 Å². The molecule has 1 aromatic carbocycles. The Morgan fingerprint density at radius 3 is 2.52 bits per heavy atom. The molecular weight excluding hydrogens is 280 g/mol. The minimum atomic E-state index is 0.346. The molecule has 0 amide bonds. The third-order valence-electron chi connectivity index (χ3n) is 3.90. The van der Waals surface area contributed by atoms with Gasteiger partial charge < -0.3 is 9.64 Å². The number of thiazole rings is 1. The summed E-state index contributed by atoms with van der Waals surface area (Å²) in [6.45, 7) is 9.58. The van der Waals surface area contributed by atoms with E-state index in [9.17, 15) is 0 Å². The van der Waals surface area contributed by atoms with Gasteiger partial charge in [-0.15, -0.1) is 11.3 Å². The van der Waals surface area contributed by atoms with Gasteiger partial charge in [0.05, 0.1) is 0 Å². The molecule has 3 rings (SSSR count). The average Bonchev–Trinajstić information content (AvgIpc) is 2.87. The van der Waals surface area contributed by atoms with Gasteiger partial charge in [0, 0.05) is 10.9 Å². The molecule has 1 aromatic heterocycles. The minimum Gasteiger partial charge on any atom is -0.364 e. The van der Waals surface area contributed by atoms with E-state index in [1.807, 2.05) is 0 Å². The van der Waals surface area contributed by atoms with Crippen molar-refractivity contribution in [1.82, 2.24) is 4.98 Å². The number of rotatable bonds is 3. The quantitative estimate of drug-likeness (QED) is 0.942. The molecule has 112 valence electrons. The number of hydrogen-bond acceptors (Lipinski definition) is 3. The van der Waals surface area contributed by atoms with E-state index in [2.05, 4.69) is 50.4 Å². The fourth-order valence-electron chi connectivity index (χ4n) is 3.01. The first-order chi connectivity index (χ1) is 10.1. The van der Waals surface area contributed by atoms with Gasteiger partial charge in [0.2, 0.25) is 0 Å². The highest BCUT2D eigenvalue weighted by atomic mass is 32.1. The van der Waals surface area contributed by atoms with Crippen LogP contribution in [-0.4, -0.2) is 30.3 Å². The number of benzene rings is 1. The SMILES string of the molecule is Cc1ccc(-c2nc(C[NH+]3C[C@H](C)O[C@@H](C)C3)cs2)cc1. The molecule has 1 aliphatic heterocycles. The van der Waals surface area contributed by atoms with E-state index in [0.29, 0.717) is 12.2 Å². The molecule has 2 heterocycles. The fraction of sp³-hybridized carbons (Fsp3) is 0.471. The summed E-state index contributed by atoms with van der Waals surface area (Å²) in [6.07, 6.45) is 0.693. The van der Waals surface area contributed by atoms with Gasteiger partial charge in [0.25, 0.3) is 0 Å². The monoisotopic (exact) mass is 303 g/mol. The number of nitrogens with zero attached hydrogens (tertiary/aromatic N) is 1. The summed E-state index contributed by atoms with van der Waals surface area (Å²) in [5.74, 6) is 0. The number of aryl methyl sites for hydroxylation is 1. The molecule has 0 radical (unpaired) electrons. The van der Waals surface area contributed by atoms with Crippen LogP contribution in [0.4, 0.5) is 0 Å². The van der Waals surface area contributed by atoms with Gasteiger partial charge in [-0.1, -0.05) is 29.8 Å². The second-order valence-corrected chi connectivity index (χ2v) is 6.96. The molecule has 4 heteroatoms. The number of quaternary nitrogens is 1. The second-order valence-electron chi connectivity index (χ2n) is 6.10. The van der Waals surface area contributed by atoms with Gasteiger partial charge in [0.15, 0.2) is 0 Å². The topological polar surface area (TPSA) is 26.6 Å². The summed E-state index contributed by atoms with van der Waals surface area (Å²) >= 11 is 1.74. The fourth-order valence-corrected chi connectivity index (χ4v) is 3.83. The summed E-state index contributed by atoms with van der Waals surface area (Å²) in [7, 11) is 0. The molecule has 0 spiro atoms. The summed E-state index contributed by atoms with van der Waals surface area (Å²) < 4.78 is 5.80. The lowest BCUT2D eigenvalue weighted by atomic mass is 10.2. The van der Waals surface area contributed by atoms with Gasteiger partial charge in [-0.2, -0.15) is 0 Å². The molecule has 0 saturated carbocycles. The van der Waals surface area contributed by atoms with Crippen LogP contribution in [0.1, 0.15) is 25.1 Å². The third-order valence-corrected chi connectivity index (χ3v) is 4.84. The maximum absolute atomic E-state index is 5.80. The Hall–Kier alpha value is -1.23. The summed E-state index contributed by atoms with van der Waals surface area (Å²) in [5, 5.41) is 3.33. The lowest BCUT2D eigenvalue weighted by Gasteiger charge is -2.31. The first kappa shape index (κ1) is 14.7. The maximum atomic E-state index is 5.80. The van der Waals surface area contributed by atoms with Crippen molar-refractivity contribution in [3.63, 3.8) is 0 Å². The third kappa shape index (κ3) is 3.70. The Morgan fingerprint density at radius 1 is 1.19 bits per heavy atom. The van der Waals surface area contributed by atoms with Crippen LogP contribution in [0.3, 0.4) is 0 Å². The highest BCUT2D eigenvalue weighted by Crippen LogP contribution is 2.23. The van der Waals surface area contributed by atoms with Gasteiger partial charge >= 0.3 is 0 Å². The predicted molar refractivity (Wildman–Crippen MR) is 86.7 cm³/mol. The molecule has 1 saturated heterocycles. The molecular formula is C17H23N2OS+. The first-order valence-corrected chi connectivity index (χ1v) is 8.48. The number of morpholine rings is 1. The van der Waals surface area contributed by atoms with Crippen molar-refractivity contribution in [2.45, 2.75) is 39.5 Å². The van der Waals surface area contributed by atoms with Crippen LogP contribution in [-0.2, 0) is 11.3 Å². The number of nitrogens with one attached hydrogen (secondary N) is 1. The van der Waals surface area contributed by atoms with Crippen LogP contribution in [0.5, 0.6) is 0 Å². The summed E-state index contributed by atoms with van der Waals surface area (Å²) in [6, 6.07) is 8.60. The predicted octanol–water partition coefficient (Wildman–Crippen LogP) is 2.31. The largest absolute Gasteiger partial charge is 0.364 e. The molecule has 1 N–H and O–H groups in total. The van der Waals surface area contributed by atoms with Gasteiger partial charge in [0.1, 0.15) is 42.5 Å². The number of hydrogen-bond donors (Lipinski definition) is 1. The molecule has 1 fully saturated rings. The van der Waals surface area contributed by atoms with E-state index in [-0.39, 0.29) is 0 Å². The Morgan fingerprint density at radius 2 is 1.86 bits per heavy atom. The zero-order valence-electron chi connectivity index (χ0n) is 12.9. The lowest BCUT2D eigenvalue weighted by molar-refractivity contribution is -0.928. The Bertz CT molecular complexity index is 583. The van der Waals surface area contributed by atoms with Crippen LogP contribution in [0.2, 0.25) is 0 Å². The van der Waals surface area contributed by atoms with Crippen molar-refractivity contribution < 1.29 is 9.64 Å². The standard InChI is InChI=1S/C17H22N2OS/c1-12-4-6-15(7-5-12)17-18-16(11-21-17)10-19-8-13(2)20-14(3)9-19/h4-7,11,13-14H,8-10H2,1-3H3/p+1/t13-,14-/m0/s1. The van der Waals surface area contributed by atoms with E-state index >= 15 is 0 Å². The Labute approximate surface area is 130 Å². The molecule has 0 aliphatic carbocycles. The van der Waals surface area contributed by atoms with Crippen molar-refractivity contribution >= 4 is 11.3 Å². The highest BCUT2D eigenvalue weighted by Gasteiger charge is 2.26. The second kappa shape index (κ2) is 6.26. The van der Waals surface area contributed by atoms with Crippen molar-refractivity contribution in [2.75, 3.05) is 13.1 Å². The van der Waals surface area contributed by atoms with E-state index in [1.54, 1.807) is 16.2 Å². The number of ether oxygens (including phenoxy) is 1. The molecule has 2 atom stereocenters. The Balaban J connectivity index is 1.69. The summed E-state index contributed by atoms with van der Waals surface area (Å²) in [4.78, 5) is 6.38. The van der Waals surface area contributed by atoms with Crippen molar-refractivity contribution in [1.29, 1.82) is 0 Å². The van der Waals surface area contributed by atoms with Crippen LogP contribution >= 0.6 is 11.3 Å². The van der Waals surface area contributed by atoms with Crippen LogP contribution in [0, 0.1) is 6.92 Å². The highest BCUT2D eigenvalue weighted by molar-refractivity contribution is 7.13. The zero-order chi connectivity index (χ0) is 14.8. The number of aromatic nitrogens is 1. The van der Waals surface area contributed by atoms with E-state index in [1.165, 1.54) is 16.8 Å². The zero-order valence-corrected chi connectivity index (χ0v) is 13.7. The van der Waals surface area contributed by atoms with Crippen LogP contribution in [0.15, 0.2) is 29.6 Å². The van der Waals surface area contributed by atoms with Gasteiger partial charge in [-0.05, 0) is 20.8 Å². The van der Waals surface area contributed by atoms with E-state index in [4.69, 9.17) is 9.72 Å². The molecule has 3 nitrogen and oxygen atoms in total. The maximum Gasteiger partial charge on any atom is 0.123 e. The Kier molecular flexibility index (Phi) is 4.38. The normalized spacial score (nSPS) is 26.0. The van der Waals surface area contributed by atoms with Gasteiger partial charge in [-0.3, -0.25) is 0 Å². The molecule has 21 heavy (non-hydrogen) atoms. The average molecular weight is 303 g/mol. The molecule has 0 bridgehead atoms. The summed E-state index contributed by atoms with van der Waals surface area (Å²) in [5.41, 5.74) is 3.71. The first-order valence-electron chi connectivity index (χ1n) is 7.60. The van der Waals surface area contributed by atoms with Crippen LogP contribution in [0.25, 0.3) is 10.6 Å². The van der Waals surface area contributed by atoms with E-state index in [0.717, 1.165) is 24.6 Å². The lowest BCUT2D eigenvalue weighted by Crippen LogP contribution is -3.14. The smallest absolute Gasteiger partial charge is 0.123 e. The molecule has 1 aliphatic rings. The molecule has 0 unspecified atom stereocenters. The minimum absolute atomic E-state index is 0.346. The van der Waals surface area contributed by atoms with Crippen molar-refractivity contribution in [3.05, 3.63) is 40.9 Å².